The largest absolute Gasteiger partial charge is 0.495 e. The molecule has 0 saturated carbocycles. The molecule has 2 rings (SSSR count). The van der Waals surface area contributed by atoms with Crippen LogP contribution in [0.3, 0.4) is 0 Å². The summed E-state index contributed by atoms with van der Waals surface area (Å²) in [5.41, 5.74) is 6.80. The molecule has 92 valence electrons. The lowest BCUT2D eigenvalue weighted by Gasteiger charge is -2.36. The normalized spacial score (nSPS) is 16.4. The number of likely N-dealkylation sites (N-methyl/N-ethyl adjacent to an activating group) is 1. The zero-order valence-corrected chi connectivity index (χ0v) is 10.1. The molecule has 0 unspecified atom stereocenters. The van der Waals surface area contributed by atoms with Crippen molar-refractivity contribution in [3.63, 3.8) is 0 Å². The molecule has 1 amide bonds. The van der Waals surface area contributed by atoms with Gasteiger partial charge in [-0.3, -0.25) is 4.79 Å². The van der Waals surface area contributed by atoms with Crippen LogP contribution in [0, 0.1) is 0 Å². The second-order valence-electron chi connectivity index (χ2n) is 4.35. The molecular weight excluding hydrogens is 218 g/mol. The van der Waals surface area contributed by atoms with Crippen molar-refractivity contribution in [3.8, 4) is 5.75 Å². The number of nitrogens with one attached hydrogen (secondary N) is 1. The molecule has 3 N–H and O–H groups in total. The third kappa shape index (κ3) is 2.50. The Morgan fingerprint density at radius 1 is 1.53 bits per heavy atom. The second-order valence-corrected chi connectivity index (χ2v) is 4.35. The summed E-state index contributed by atoms with van der Waals surface area (Å²) in [5, 5.41) is 2.96. The van der Waals surface area contributed by atoms with Crippen LogP contribution in [-0.4, -0.2) is 44.1 Å². The van der Waals surface area contributed by atoms with E-state index in [9.17, 15) is 4.79 Å². The molecule has 0 spiro atoms. The van der Waals surface area contributed by atoms with E-state index in [-0.39, 0.29) is 11.9 Å². The summed E-state index contributed by atoms with van der Waals surface area (Å²) in [6, 6.07) is 5.29. The lowest BCUT2D eigenvalue weighted by Crippen LogP contribution is -2.57. The second kappa shape index (κ2) is 4.63. The van der Waals surface area contributed by atoms with E-state index >= 15 is 0 Å². The van der Waals surface area contributed by atoms with Crippen LogP contribution in [-0.2, 0) is 0 Å². The van der Waals surface area contributed by atoms with Gasteiger partial charge in [-0.1, -0.05) is 0 Å². The summed E-state index contributed by atoms with van der Waals surface area (Å²) in [7, 11) is 3.56. The summed E-state index contributed by atoms with van der Waals surface area (Å²) in [4.78, 5) is 14.1. The zero-order chi connectivity index (χ0) is 12.4. The van der Waals surface area contributed by atoms with Crippen molar-refractivity contribution in [3.05, 3.63) is 23.8 Å². The van der Waals surface area contributed by atoms with E-state index in [0.29, 0.717) is 17.0 Å². The Labute approximate surface area is 101 Å². The molecule has 1 saturated heterocycles. The molecule has 1 aliphatic heterocycles. The Hall–Kier alpha value is -1.75. The fourth-order valence-electron chi connectivity index (χ4n) is 1.91. The zero-order valence-electron chi connectivity index (χ0n) is 10.1. The Morgan fingerprint density at radius 2 is 2.24 bits per heavy atom. The van der Waals surface area contributed by atoms with Crippen LogP contribution in [0.5, 0.6) is 5.75 Å². The van der Waals surface area contributed by atoms with E-state index in [4.69, 9.17) is 10.5 Å². The van der Waals surface area contributed by atoms with Gasteiger partial charge in [-0.2, -0.15) is 0 Å². The lowest BCUT2D eigenvalue weighted by atomic mass is 10.1. The van der Waals surface area contributed by atoms with Gasteiger partial charge in [0, 0.05) is 18.7 Å². The van der Waals surface area contributed by atoms with Crippen molar-refractivity contribution in [2.24, 2.45) is 0 Å². The monoisotopic (exact) mass is 235 g/mol. The van der Waals surface area contributed by atoms with E-state index in [1.165, 1.54) is 7.11 Å². The van der Waals surface area contributed by atoms with E-state index in [1.807, 2.05) is 7.05 Å². The highest BCUT2D eigenvalue weighted by atomic mass is 16.5. The first-order chi connectivity index (χ1) is 8.10. The van der Waals surface area contributed by atoms with Crippen molar-refractivity contribution in [1.29, 1.82) is 0 Å². The number of nitrogen functional groups attached to an aromatic ring is 1. The first-order valence-electron chi connectivity index (χ1n) is 5.53. The quantitative estimate of drug-likeness (QED) is 0.740. The first-order valence-corrected chi connectivity index (χ1v) is 5.53. The average Bonchev–Trinajstić information content (AvgIpc) is 2.27. The van der Waals surface area contributed by atoms with Gasteiger partial charge < -0.3 is 20.7 Å². The van der Waals surface area contributed by atoms with Crippen molar-refractivity contribution in [2.45, 2.75) is 6.04 Å². The highest BCUT2D eigenvalue weighted by molar-refractivity contribution is 5.95. The minimum Gasteiger partial charge on any atom is -0.495 e. The SMILES string of the molecule is COc1cc(C(=O)NC2CN(C)C2)ccc1N. The van der Waals surface area contributed by atoms with Crippen molar-refractivity contribution in [1.82, 2.24) is 10.2 Å². The minimum absolute atomic E-state index is 0.0820. The Kier molecular flexibility index (Phi) is 3.19. The highest BCUT2D eigenvalue weighted by Crippen LogP contribution is 2.22. The number of hydrogen-bond donors (Lipinski definition) is 2. The average molecular weight is 235 g/mol. The number of likely N-dealkylation sites (tertiary alicyclic amines) is 1. The van der Waals surface area contributed by atoms with Gasteiger partial charge in [-0.15, -0.1) is 0 Å². The van der Waals surface area contributed by atoms with Gasteiger partial charge in [0.05, 0.1) is 18.8 Å². The molecule has 5 nitrogen and oxygen atoms in total. The standard InChI is InChI=1S/C12H17N3O2/c1-15-6-9(7-15)14-12(16)8-3-4-10(13)11(5-8)17-2/h3-5,9H,6-7,13H2,1-2H3,(H,14,16). The topological polar surface area (TPSA) is 67.6 Å². The number of rotatable bonds is 3. The predicted octanol–water partition coefficient (Wildman–Crippen LogP) is 0.321. The maximum absolute atomic E-state index is 11.9. The van der Waals surface area contributed by atoms with Crippen LogP contribution in [0.4, 0.5) is 5.69 Å². The van der Waals surface area contributed by atoms with E-state index in [1.54, 1.807) is 18.2 Å². The molecule has 0 aliphatic carbocycles. The van der Waals surface area contributed by atoms with Gasteiger partial charge in [0.2, 0.25) is 0 Å². The van der Waals surface area contributed by atoms with Crippen LogP contribution in [0.2, 0.25) is 0 Å². The van der Waals surface area contributed by atoms with Crippen LogP contribution < -0.4 is 15.8 Å². The van der Waals surface area contributed by atoms with E-state index in [0.717, 1.165) is 13.1 Å². The summed E-state index contributed by atoms with van der Waals surface area (Å²) in [6.07, 6.45) is 0. The maximum atomic E-state index is 11.9. The Balaban J connectivity index is 2.03. The molecule has 1 heterocycles. The van der Waals surface area contributed by atoms with Crippen molar-refractivity contribution >= 4 is 11.6 Å². The highest BCUT2D eigenvalue weighted by Gasteiger charge is 2.25. The molecule has 0 aromatic heterocycles. The molecule has 1 aliphatic rings. The predicted molar refractivity (Wildman–Crippen MR) is 66.2 cm³/mol. The van der Waals surface area contributed by atoms with Gasteiger partial charge in [0.25, 0.3) is 5.91 Å². The molecule has 0 bridgehead atoms. The number of amides is 1. The van der Waals surface area contributed by atoms with Crippen LogP contribution in [0.25, 0.3) is 0 Å². The number of nitrogens with two attached hydrogens (primary N) is 1. The first kappa shape index (κ1) is 11.7. The lowest BCUT2D eigenvalue weighted by molar-refractivity contribution is 0.0857. The summed E-state index contributed by atoms with van der Waals surface area (Å²) < 4.78 is 5.08. The Morgan fingerprint density at radius 3 is 2.82 bits per heavy atom. The summed E-state index contributed by atoms with van der Waals surface area (Å²) >= 11 is 0. The third-order valence-corrected chi connectivity index (χ3v) is 2.90. The number of carbonyl (C=O) groups excluding carboxylic acids is 1. The molecule has 5 heteroatoms. The van der Waals surface area contributed by atoms with Crippen LogP contribution >= 0.6 is 0 Å². The number of carbonyl (C=O) groups is 1. The molecule has 0 atom stereocenters. The number of hydrogen-bond acceptors (Lipinski definition) is 4. The van der Waals surface area contributed by atoms with E-state index in [2.05, 4.69) is 10.2 Å². The fourth-order valence-corrected chi connectivity index (χ4v) is 1.91. The van der Waals surface area contributed by atoms with Gasteiger partial charge in [-0.25, -0.2) is 0 Å². The van der Waals surface area contributed by atoms with Crippen LogP contribution in [0.15, 0.2) is 18.2 Å². The molecule has 1 aromatic carbocycles. The summed E-state index contributed by atoms with van der Waals surface area (Å²) in [5.74, 6) is 0.449. The number of nitrogens with zero attached hydrogens (tertiary/aromatic N) is 1. The van der Waals surface area contributed by atoms with Gasteiger partial charge in [0.1, 0.15) is 5.75 Å². The smallest absolute Gasteiger partial charge is 0.251 e. The molecule has 1 fully saturated rings. The molecule has 0 radical (unpaired) electrons. The van der Waals surface area contributed by atoms with Gasteiger partial charge >= 0.3 is 0 Å². The molecule has 17 heavy (non-hydrogen) atoms. The molecular formula is C12H17N3O2. The van der Waals surface area contributed by atoms with Gasteiger partial charge in [0.15, 0.2) is 0 Å². The number of methoxy groups -OCH3 is 1. The maximum Gasteiger partial charge on any atom is 0.251 e. The number of ether oxygens (including phenoxy) is 1. The number of benzene rings is 1. The van der Waals surface area contributed by atoms with Gasteiger partial charge in [-0.05, 0) is 25.2 Å². The Bertz CT molecular complexity index is 428. The van der Waals surface area contributed by atoms with Crippen molar-refractivity contribution in [2.75, 3.05) is 33.0 Å². The van der Waals surface area contributed by atoms with Crippen LogP contribution in [0.1, 0.15) is 10.4 Å². The molecule has 1 aromatic rings. The van der Waals surface area contributed by atoms with E-state index < -0.39 is 0 Å². The number of anilines is 1. The third-order valence-electron chi connectivity index (χ3n) is 2.90. The fraction of sp³-hybridized carbons (Fsp3) is 0.417. The minimum atomic E-state index is -0.0820. The van der Waals surface area contributed by atoms with Crippen molar-refractivity contribution < 1.29 is 9.53 Å². The summed E-state index contributed by atoms with van der Waals surface area (Å²) in [6.45, 7) is 1.80.